The number of methoxy groups -OCH3 is 1. The van der Waals surface area contributed by atoms with Crippen molar-refractivity contribution >= 4 is 6.09 Å². The van der Waals surface area contributed by atoms with Gasteiger partial charge in [-0.1, -0.05) is 17.3 Å². The van der Waals surface area contributed by atoms with Crippen molar-refractivity contribution in [2.45, 2.75) is 25.8 Å². The summed E-state index contributed by atoms with van der Waals surface area (Å²) in [6, 6.07) is 6.02. The minimum Gasteiger partial charge on any atom is -0.453 e. The summed E-state index contributed by atoms with van der Waals surface area (Å²) in [6.07, 6.45) is 1.38. The third-order valence-corrected chi connectivity index (χ3v) is 3.48. The third kappa shape index (κ3) is 2.24. The van der Waals surface area contributed by atoms with Gasteiger partial charge in [-0.05, 0) is 30.0 Å². The van der Waals surface area contributed by atoms with Crippen LogP contribution in [0.15, 0.2) is 22.7 Å². The number of fused-ring (bicyclic) bond motifs is 1. The predicted octanol–water partition coefficient (Wildman–Crippen LogP) is 2.39. The number of rotatable bonds is 2. The van der Waals surface area contributed by atoms with Crippen molar-refractivity contribution in [2.24, 2.45) is 0 Å². The van der Waals surface area contributed by atoms with E-state index in [0.29, 0.717) is 11.7 Å². The molecule has 1 atom stereocenters. The van der Waals surface area contributed by atoms with Gasteiger partial charge in [0.2, 0.25) is 11.7 Å². The predicted molar refractivity (Wildman–Crippen MR) is 71.1 cm³/mol. The molecule has 0 bridgehead atoms. The smallest absolute Gasteiger partial charge is 0.407 e. The van der Waals surface area contributed by atoms with Crippen LogP contribution in [0.2, 0.25) is 0 Å². The van der Waals surface area contributed by atoms with E-state index >= 15 is 0 Å². The average Bonchev–Trinajstić information content (AvgIpc) is 3.05. The van der Waals surface area contributed by atoms with Gasteiger partial charge in [0.25, 0.3) is 0 Å². The highest BCUT2D eigenvalue weighted by Gasteiger charge is 2.24. The first-order chi connectivity index (χ1) is 9.67. The fourth-order valence-electron chi connectivity index (χ4n) is 2.52. The van der Waals surface area contributed by atoms with Gasteiger partial charge in [0.15, 0.2) is 0 Å². The number of nitrogens with one attached hydrogen (secondary N) is 1. The molecule has 1 N–H and O–H groups in total. The Morgan fingerprint density at radius 2 is 2.35 bits per heavy atom. The molecule has 6 heteroatoms. The Kier molecular flexibility index (Phi) is 3.14. The maximum absolute atomic E-state index is 11.3. The van der Waals surface area contributed by atoms with Gasteiger partial charge in [-0.3, -0.25) is 0 Å². The molecule has 1 aliphatic carbocycles. The van der Waals surface area contributed by atoms with Gasteiger partial charge in [0, 0.05) is 12.5 Å². The van der Waals surface area contributed by atoms with E-state index in [1.165, 1.54) is 12.7 Å². The monoisotopic (exact) mass is 273 g/mol. The Hall–Kier alpha value is -2.37. The Balaban J connectivity index is 1.86. The maximum atomic E-state index is 11.3. The molecule has 0 fully saturated rings. The number of nitrogens with zero attached hydrogens (tertiary/aromatic N) is 2. The number of ether oxygens (including phenoxy) is 1. The van der Waals surface area contributed by atoms with Crippen molar-refractivity contribution in [3.05, 3.63) is 35.2 Å². The SMILES string of the molecule is COC(=O)N[C@@H]1CCc2cc(-c3noc(C)n3)ccc21. The second-order valence-corrected chi connectivity index (χ2v) is 4.78. The quantitative estimate of drug-likeness (QED) is 0.909. The van der Waals surface area contributed by atoms with E-state index in [0.717, 1.165) is 24.0 Å². The zero-order chi connectivity index (χ0) is 14.1. The average molecular weight is 273 g/mol. The zero-order valence-corrected chi connectivity index (χ0v) is 11.3. The van der Waals surface area contributed by atoms with E-state index in [1.54, 1.807) is 6.92 Å². The molecule has 0 aliphatic heterocycles. The number of amides is 1. The van der Waals surface area contributed by atoms with Crippen LogP contribution in [0.25, 0.3) is 11.4 Å². The lowest BCUT2D eigenvalue weighted by Gasteiger charge is -2.12. The first-order valence-electron chi connectivity index (χ1n) is 6.45. The maximum Gasteiger partial charge on any atom is 0.407 e. The third-order valence-electron chi connectivity index (χ3n) is 3.48. The van der Waals surface area contributed by atoms with Crippen LogP contribution in [0.1, 0.15) is 29.5 Å². The van der Waals surface area contributed by atoms with Crippen LogP contribution < -0.4 is 5.32 Å². The molecular formula is C14H15N3O3. The Labute approximate surface area is 116 Å². The molecule has 0 radical (unpaired) electrons. The van der Waals surface area contributed by atoms with E-state index in [9.17, 15) is 4.79 Å². The van der Waals surface area contributed by atoms with E-state index in [-0.39, 0.29) is 6.04 Å². The summed E-state index contributed by atoms with van der Waals surface area (Å²) in [7, 11) is 1.37. The molecular weight excluding hydrogens is 258 g/mol. The Morgan fingerprint density at radius 3 is 3.05 bits per heavy atom. The molecule has 1 amide bonds. The normalized spacial score (nSPS) is 16.8. The van der Waals surface area contributed by atoms with Crippen LogP contribution in [0.5, 0.6) is 0 Å². The minimum atomic E-state index is -0.402. The van der Waals surface area contributed by atoms with E-state index in [1.807, 2.05) is 12.1 Å². The fourth-order valence-corrected chi connectivity index (χ4v) is 2.52. The number of carbonyl (C=O) groups is 1. The summed E-state index contributed by atoms with van der Waals surface area (Å²) >= 11 is 0. The molecule has 6 nitrogen and oxygen atoms in total. The molecule has 1 heterocycles. The minimum absolute atomic E-state index is 0.0125. The Bertz CT molecular complexity index is 651. The molecule has 3 rings (SSSR count). The summed E-state index contributed by atoms with van der Waals surface area (Å²) in [6.45, 7) is 1.76. The molecule has 2 aromatic rings. The van der Waals surface area contributed by atoms with Gasteiger partial charge in [-0.25, -0.2) is 4.79 Å². The van der Waals surface area contributed by atoms with Gasteiger partial charge in [-0.15, -0.1) is 0 Å². The number of aromatic nitrogens is 2. The topological polar surface area (TPSA) is 77.2 Å². The lowest BCUT2D eigenvalue weighted by Crippen LogP contribution is -2.26. The second-order valence-electron chi connectivity index (χ2n) is 4.78. The summed E-state index contributed by atoms with van der Waals surface area (Å²) < 4.78 is 9.63. The van der Waals surface area contributed by atoms with Crippen LogP contribution in [0.4, 0.5) is 4.79 Å². The van der Waals surface area contributed by atoms with Crippen molar-refractivity contribution < 1.29 is 14.1 Å². The molecule has 20 heavy (non-hydrogen) atoms. The van der Waals surface area contributed by atoms with Crippen LogP contribution in [0, 0.1) is 6.92 Å². The van der Waals surface area contributed by atoms with Crippen molar-refractivity contribution in [3.8, 4) is 11.4 Å². The number of aryl methyl sites for hydroxylation is 2. The Morgan fingerprint density at radius 1 is 1.50 bits per heavy atom. The lowest BCUT2D eigenvalue weighted by atomic mass is 10.0. The van der Waals surface area contributed by atoms with Gasteiger partial charge in [0.1, 0.15) is 0 Å². The van der Waals surface area contributed by atoms with Crippen LogP contribution >= 0.6 is 0 Å². The molecule has 0 spiro atoms. The van der Waals surface area contributed by atoms with Gasteiger partial charge in [0.05, 0.1) is 13.2 Å². The van der Waals surface area contributed by atoms with Gasteiger partial charge in [-0.2, -0.15) is 4.98 Å². The molecule has 0 unspecified atom stereocenters. The van der Waals surface area contributed by atoms with Gasteiger partial charge >= 0.3 is 6.09 Å². The van der Waals surface area contributed by atoms with E-state index in [4.69, 9.17) is 4.52 Å². The number of benzene rings is 1. The summed E-state index contributed by atoms with van der Waals surface area (Å²) in [5.41, 5.74) is 3.25. The van der Waals surface area contributed by atoms with Crippen LogP contribution in [-0.2, 0) is 11.2 Å². The highest BCUT2D eigenvalue weighted by Crippen LogP contribution is 2.33. The summed E-state index contributed by atoms with van der Waals surface area (Å²) in [5, 5.41) is 6.75. The number of carbonyl (C=O) groups excluding carboxylic acids is 1. The molecule has 104 valence electrons. The van der Waals surface area contributed by atoms with E-state index < -0.39 is 6.09 Å². The largest absolute Gasteiger partial charge is 0.453 e. The number of hydrogen-bond acceptors (Lipinski definition) is 5. The van der Waals surface area contributed by atoms with Crippen molar-refractivity contribution in [1.82, 2.24) is 15.5 Å². The molecule has 0 saturated heterocycles. The standard InChI is InChI=1S/C14H15N3O3/c1-8-15-13(17-20-8)10-3-5-11-9(7-10)4-6-12(11)16-14(18)19-2/h3,5,7,12H,4,6H2,1-2H3,(H,16,18)/t12-/m1/s1. The number of hydrogen-bond donors (Lipinski definition) is 1. The molecule has 1 aromatic heterocycles. The van der Waals surface area contributed by atoms with E-state index in [2.05, 4.69) is 26.3 Å². The van der Waals surface area contributed by atoms with Crippen LogP contribution in [0.3, 0.4) is 0 Å². The summed E-state index contributed by atoms with van der Waals surface area (Å²) in [4.78, 5) is 15.5. The number of alkyl carbamates (subject to hydrolysis) is 1. The fraction of sp³-hybridized carbons (Fsp3) is 0.357. The highest BCUT2D eigenvalue weighted by atomic mass is 16.5. The van der Waals surface area contributed by atoms with Crippen molar-refractivity contribution in [2.75, 3.05) is 7.11 Å². The van der Waals surface area contributed by atoms with Gasteiger partial charge < -0.3 is 14.6 Å². The molecule has 0 saturated carbocycles. The van der Waals surface area contributed by atoms with Crippen LogP contribution in [-0.4, -0.2) is 23.3 Å². The molecule has 1 aliphatic rings. The first-order valence-corrected chi connectivity index (χ1v) is 6.45. The van der Waals surface area contributed by atoms with Crippen molar-refractivity contribution in [3.63, 3.8) is 0 Å². The lowest BCUT2D eigenvalue weighted by molar-refractivity contribution is 0.166. The summed E-state index contributed by atoms with van der Waals surface area (Å²) in [5.74, 6) is 1.14. The highest BCUT2D eigenvalue weighted by molar-refractivity contribution is 5.68. The molecule has 1 aromatic carbocycles. The van der Waals surface area contributed by atoms with Crippen molar-refractivity contribution in [1.29, 1.82) is 0 Å². The first kappa shape index (κ1) is 12.7. The second kappa shape index (κ2) is 4.96. The zero-order valence-electron chi connectivity index (χ0n) is 11.3.